The summed E-state index contributed by atoms with van der Waals surface area (Å²) in [5.41, 5.74) is 1.78. The maximum Gasteiger partial charge on any atom is 0.180 e. The fourth-order valence-corrected chi connectivity index (χ4v) is 3.15. The standard InChI is InChI=1S/C16H21NO3/c1-11-3-6-14(16(7-11)19-2)15(18)10-17-8-12-4-5-13(9-17)20-12/h3,6-7,12-13H,4-5,8-10H2,1-2H3. The molecule has 3 rings (SSSR count). The molecule has 2 aliphatic heterocycles. The van der Waals surface area contributed by atoms with Gasteiger partial charge in [-0.15, -0.1) is 0 Å². The highest BCUT2D eigenvalue weighted by Gasteiger charge is 2.34. The van der Waals surface area contributed by atoms with Crippen LogP contribution < -0.4 is 4.74 Å². The molecule has 2 fully saturated rings. The molecule has 1 aromatic rings. The predicted octanol–water partition coefficient (Wildman–Crippen LogP) is 2.05. The largest absolute Gasteiger partial charge is 0.496 e. The lowest BCUT2D eigenvalue weighted by molar-refractivity contribution is -0.0355. The molecule has 1 aromatic carbocycles. The van der Waals surface area contributed by atoms with E-state index in [9.17, 15) is 4.79 Å². The highest BCUT2D eigenvalue weighted by Crippen LogP contribution is 2.27. The summed E-state index contributed by atoms with van der Waals surface area (Å²) < 4.78 is 11.1. The normalized spacial score (nSPS) is 25.7. The molecule has 0 amide bonds. The van der Waals surface area contributed by atoms with E-state index in [1.165, 1.54) is 0 Å². The molecule has 2 atom stereocenters. The van der Waals surface area contributed by atoms with E-state index in [1.54, 1.807) is 7.11 Å². The van der Waals surface area contributed by atoms with E-state index >= 15 is 0 Å². The van der Waals surface area contributed by atoms with Crippen molar-refractivity contribution in [3.05, 3.63) is 29.3 Å². The number of ether oxygens (including phenoxy) is 2. The van der Waals surface area contributed by atoms with Crippen LogP contribution in [0.3, 0.4) is 0 Å². The topological polar surface area (TPSA) is 38.8 Å². The smallest absolute Gasteiger partial charge is 0.180 e. The molecule has 4 heteroatoms. The van der Waals surface area contributed by atoms with E-state index in [1.807, 2.05) is 25.1 Å². The maximum absolute atomic E-state index is 12.5. The summed E-state index contributed by atoms with van der Waals surface area (Å²) in [6.07, 6.45) is 2.90. The molecule has 0 aromatic heterocycles. The molecule has 0 radical (unpaired) electrons. The van der Waals surface area contributed by atoms with Crippen molar-refractivity contribution in [3.63, 3.8) is 0 Å². The van der Waals surface area contributed by atoms with Crippen LogP contribution in [-0.2, 0) is 4.74 Å². The van der Waals surface area contributed by atoms with Crippen LogP contribution in [0.25, 0.3) is 0 Å². The Morgan fingerprint density at radius 1 is 1.35 bits per heavy atom. The summed E-state index contributed by atoms with van der Waals surface area (Å²) in [5, 5.41) is 0. The minimum Gasteiger partial charge on any atom is -0.496 e. The second kappa shape index (κ2) is 5.54. The van der Waals surface area contributed by atoms with Crippen molar-refractivity contribution >= 4 is 5.78 Å². The molecule has 2 unspecified atom stereocenters. The maximum atomic E-state index is 12.5. The van der Waals surface area contributed by atoms with Crippen molar-refractivity contribution in [2.75, 3.05) is 26.7 Å². The van der Waals surface area contributed by atoms with Crippen molar-refractivity contribution < 1.29 is 14.3 Å². The summed E-state index contributed by atoms with van der Waals surface area (Å²) in [6.45, 7) is 4.19. The molecular weight excluding hydrogens is 254 g/mol. The third kappa shape index (κ3) is 2.72. The number of carbonyl (C=O) groups excluding carboxylic acids is 1. The second-order valence-corrected chi connectivity index (χ2v) is 5.78. The Labute approximate surface area is 119 Å². The number of rotatable bonds is 4. The van der Waals surface area contributed by atoms with Gasteiger partial charge in [-0.1, -0.05) is 6.07 Å². The van der Waals surface area contributed by atoms with Gasteiger partial charge in [-0.05, 0) is 37.5 Å². The molecule has 0 aliphatic carbocycles. The molecule has 0 spiro atoms. The Hall–Kier alpha value is -1.39. The zero-order valence-electron chi connectivity index (χ0n) is 12.1. The molecule has 2 aliphatic rings. The Bertz CT molecular complexity index is 502. The number of methoxy groups -OCH3 is 1. The summed E-state index contributed by atoms with van der Waals surface area (Å²) in [4.78, 5) is 14.7. The molecule has 2 heterocycles. The Morgan fingerprint density at radius 2 is 2.05 bits per heavy atom. The molecule has 0 N–H and O–H groups in total. The van der Waals surface area contributed by atoms with Gasteiger partial charge in [-0.2, -0.15) is 0 Å². The Morgan fingerprint density at radius 3 is 2.70 bits per heavy atom. The first-order chi connectivity index (χ1) is 9.65. The van der Waals surface area contributed by atoms with Crippen LogP contribution in [0.4, 0.5) is 0 Å². The minimum absolute atomic E-state index is 0.128. The lowest BCUT2D eigenvalue weighted by atomic mass is 10.1. The van der Waals surface area contributed by atoms with Gasteiger partial charge in [0.05, 0.1) is 31.4 Å². The zero-order chi connectivity index (χ0) is 14.1. The van der Waals surface area contributed by atoms with Gasteiger partial charge in [-0.3, -0.25) is 9.69 Å². The lowest BCUT2D eigenvalue weighted by Crippen LogP contribution is -2.44. The minimum atomic E-state index is 0.128. The molecular formula is C16H21NO3. The summed E-state index contributed by atoms with van der Waals surface area (Å²) in [5.74, 6) is 0.800. The van der Waals surface area contributed by atoms with Gasteiger partial charge < -0.3 is 9.47 Å². The van der Waals surface area contributed by atoms with Crippen LogP contribution >= 0.6 is 0 Å². The van der Waals surface area contributed by atoms with Gasteiger partial charge in [0.15, 0.2) is 5.78 Å². The first-order valence-electron chi connectivity index (χ1n) is 7.21. The van der Waals surface area contributed by atoms with Gasteiger partial charge in [-0.25, -0.2) is 0 Å². The quantitative estimate of drug-likeness (QED) is 0.788. The highest BCUT2D eigenvalue weighted by molar-refractivity contribution is 6.00. The number of ketones is 1. The molecule has 20 heavy (non-hydrogen) atoms. The number of benzene rings is 1. The van der Waals surface area contributed by atoms with Gasteiger partial charge >= 0.3 is 0 Å². The van der Waals surface area contributed by atoms with E-state index in [0.29, 0.717) is 30.1 Å². The van der Waals surface area contributed by atoms with Crippen molar-refractivity contribution in [1.82, 2.24) is 4.90 Å². The summed E-state index contributed by atoms with van der Waals surface area (Å²) in [7, 11) is 1.61. The van der Waals surface area contributed by atoms with Gasteiger partial charge in [0, 0.05) is 13.1 Å². The number of hydrogen-bond acceptors (Lipinski definition) is 4. The van der Waals surface area contributed by atoms with Crippen LogP contribution in [0, 0.1) is 6.92 Å². The SMILES string of the molecule is COc1cc(C)ccc1C(=O)CN1CC2CCC(C1)O2. The van der Waals surface area contributed by atoms with Crippen LogP contribution in [0.5, 0.6) is 5.75 Å². The van der Waals surface area contributed by atoms with E-state index < -0.39 is 0 Å². The fraction of sp³-hybridized carbons (Fsp3) is 0.562. The predicted molar refractivity (Wildman–Crippen MR) is 76.4 cm³/mol. The Balaban J connectivity index is 1.70. The van der Waals surface area contributed by atoms with E-state index in [0.717, 1.165) is 31.5 Å². The molecule has 2 saturated heterocycles. The van der Waals surface area contributed by atoms with E-state index in [2.05, 4.69) is 4.90 Å². The Kier molecular flexibility index (Phi) is 3.76. The zero-order valence-corrected chi connectivity index (χ0v) is 12.1. The average molecular weight is 275 g/mol. The average Bonchev–Trinajstić information content (AvgIpc) is 2.77. The summed E-state index contributed by atoms with van der Waals surface area (Å²) in [6, 6.07) is 5.74. The molecule has 4 nitrogen and oxygen atoms in total. The number of fused-ring (bicyclic) bond motifs is 2. The number of aryl methyl sites for hydroxylation is 1. The first kappa shape index (κ1) is 13.6. The number of likely N-dealkylation sites (tertiary alicyclic amines) is 1. The van der Waals surface area contributed by atoms with Crippen LogP contribution in [0.1, 0.15) is 28.8 Å². The fourth-order valence-electron chi connectivity index (χ4n) is 3.15. The van der Waals surface area contributed by atoms with Crippen LogP contribution in [0.15, 0.2) is 18.2 Å². The molecule has 108 valence electrons. The number of carbonyl (C=O) groups is 1. The first-order valence-corrected chi connectivity index (χ1v) is 7.21. The van der Waals surface area contributed by atoms with Gasteiger partial charge in [0.1, 0.15) is 5.75 Å². The van der Waals surface area contributed by atoms with Crippen molar-refractivity contribution in [2.45, 2.75) is 32.0 Å². The number of morpholine rings is 1. The van der Waals surface area contributed by atoms with Crippen LogP contribution in [0.2, 0.25) is 0 Å². The number of nitrogens with zero attached hydrogens (tertiary/aromatic N) is 1. The third-order valence-corrected chi connectivity index (χ3v) is 4.14. The number of hydrogen-bond donors (Lipinski definition) is 0. The van der Waals surface area contributed by atoms with Gasteiger partial charge in [0.25, 0.3) is 0 Å². The van der Waals surface area contributed by atoms with E-state index in [4.69, 9.17) is 9.47 Å². The van der Waals surface area contributed by atoms with Crippen LogP contribution in [-0.4, -0.2) is 49.6 Å². The highest BCUT2D eigenvalue weighted by atomic mass is 16.5. The van der Waals surface area contributed by atoms with Gasteiger partial charge in [0.2, 0.25) is 0 Å². The summed E-state index contributed by atoms with van der Waals surface area (Å²) >= 11 is 0. The van der Waals surface area contributed by atoms with Crippen molar-refractivity contribution in [1.29, 1.82) is 0 Å². The number of Topliss-reactive ketones (excluding diaryl/α,β-unsaturated/α-hetero) is 1. The molecule has 0 saturated carbocycles. The molecule has 2 bridgehead atoms. The lowest BCUT2D eigenvalue weighted by Gasteiger charge is -2.31. The monoisotopic (exact) mass is 275 g/mol. The second-order valence-electron chi connectivity index (χ2n) is 5.78. The van der Waals surface area contributed by atoms with Crippen molar-refractivity contribution in [2.24, 2.45) is 0 Å². The van der Waals surface area contributed by atoms with E-state index in [-0.39, 0.29) is 5.78 Å². The third-order valence-electron chi connectivity index (χ3n) is 4.14. The van der Waals surface area contributed by atoms with Crippen molar-refractivity contribution in [3.8, 4) is 5.75 Å².